The van der Waals surface area contributed by atoms with E-state index < -0.39 is 0 Å². The van der Waals surface area contributed by atoms with Crippen molar-refractivity contribution in [1.82, 2.24) is 4.90 Å². The van der Waals surface area contributed by atoms with E-state index in [1.165, 1.54) is 0 Å². The van der Waals surface area contributed by atoms with Gasteiger partial charge in [-0.25, -0.2) is 0 Å². The zero-order chi connectivity index (χ0) is 9.54. The van der Waals surface area contributed by atoms with Crippen LogP contribution < -0.4 is 4.74 Å². The normalized spacial score (nSPS) is 24.1. The third kappa shape index (κ3) is 1.02. The van der Waals surface area contributed by atoms with Crippen molar-refractivity contribution in [3.63, 3.8) is 0 Å². The van der Waals surface area contributed by atoms with Crippen LogP contribution >= 0.6 is 0 Å². The van der Waals surface area contributed by atoms with Gasteiger partial charge in [0.2, 0.25) is 5.91 Å². The van der Waals surface area contributed by atoms with E-state index in [4.69, 9.17) is 4.74 Å². The maximum absolute atomic E-state index is 11.3. The van der Waals surface area contributed by atoms with E-state index in [0.29, 0.717) is 25.6 Å². The van der Waals surface area contributed by atoms with E-state index in [0.717, 1.165) is 11.3 Å². The predicted octanol–water partition coefficient (Wildman–Crippen LogP) is 1.18. The summed E-state index contributed by atoms with van der Waals surface area (Å²) in [6, 6.07) is 8.22. The first-order valence-electron chi connectivity index (χ1n) is 4.85. The van der Waals surface area contributed by atoms with Gasteiger partial charge in [-0.2, -0.15) is 0 Å². The molecule has 1 atom stereocenters. The molecule has 1 fully saturated rings. The summed E-state index contributed by atoms with van der Waals surface area (Å²) in [6.45, 7) is 1.35. The van der Waals surface area contributed by atoms with Gasteiger partial charge in [0.05, 0.1) is 12.5 Å². The summed E-state index contributed by atoms with van der Waals surface area (Å²) in [5, 5.41) is 0. The number of nitrogens with zero attached hydrogens (tertiary/aromatic N) is 1. The highest BCUT2D eigenvalue weighted by Gasteiger charge is 2.38. The summed E-state index contributed by atoms with van der Waals surface area (Å²) in [5.74, 6) is 1.17. The van der Waals surface area contributed by atoms with E-state index >= 15 is 0 Å². The molecule has 2 aliphatic heterocycles. The van der Waals surface area contributed by atoms with Crippen molar-refractivity contribution >= 4 is 5.91 Å². The van der Waals surface area contributed by atoms with Gasteiger partial charge in [0.15, 0.2) is 0 Å². The fourth-order valence-electron chi connectivity index (χ4n) is 2.03. The van der Waals surface area contributed by atoms with Crippen LogP contribution in [0.4, 0.5) is 0 Å². The van der Waals surface area contributed by atoms with Crippen LogP contribution in [0.3, 0.4) is 0 Å². The summed E-state index contributed by atoms with van der Waals surface area (Å²) in [7, 11) is 0. The molecular formula is C11H11NO2. The fourth-order valence-corrected chi connectivity index (χ4v) is 2.03. The van der Waals surface area contributed by atoms with E-state index in [9.17, 15) is 4.79 Å². The van der Waals surface area contributed by atoms with Crippen molar-refractivity contribution in [1.29, 1.82) is 0 Å². The molecule has 1 amide bonds. The smallest absolute Gasteiger partial charge is 0.225 e. The number of amides is 1. The van der Waals surface area contributed by atoms with E-state index in [1.807, 2.05) is 29.2 Å². The summed E-state index contributed by atoms with van der Waals surface area (Å²) in [6.07, 6.45) is 0.647. The van der Waals surface area contributed by atoms with Gasteiger partial charge in [-0.3, -0.25) is 4.79 Å². The molecule has 0 radical (unpaired) electrons. The van der Waals surface area contributed by atoms with Crippen molar-refractivity contribution in [3.8, 4) is 5.75 Å². The van der Waals surface area contributed by atoms with Crippen LogP contribution in [-0.2, 0) is 11.3 Å². The van der Waals surface area contributed by atoms with Crippen molar-refractivity contribution < 1.29 is 9.53 Å². The zero-order valence-corrected chi connectivity index (χ0v) is 7.77. The highest BCUT2D eigenvalue weighted by molar-refractivity contribution is 5.83. The summed E-state index contributed by atoms with van der Waals surface area (Å²) >= 11 is 0. The molecule has 2 heterocycles. The van der Waals surface area contributed by atoms with Crippen molar-refractivity contribution in [2.45, 2.75) is 19.0 Å². The third-order valence-electron chi connectivity index (χ3n) is 2.92. The van der Waals surface area contributed by atoms with Crippen LogP contribution in [0.1, 0.15) is 12.0 Å². The van der Waals surface area contributed by atoms with Crippen molar-refractivity contribution in [3.05, 3.63) is 29.8 Å². The average molecular weight is 189 g/mol. The van der Waals surface area contributed by atoms with E-state index in [2.05, 4.69) is 0 Å². The highest BCUT2D eigenvalue weighted by atomic mass is 16.5. The molecule has 14 heavy (non-hydrogen) atoms. The van der Waals surface area contributed by atoms with Crippen LogP contribution in [0.2, 0.25) is 0 Å². The first kappa shape index (κ1) is 7.85. The monoisotopic (exact) mass is 189 g/mol. The lowest BCUT2D eigenvalue weighted by Gasteiger charge is -2.38. The molecule has 0 spiro atoms. The molecule has 0 unspecified atom stereocenters. The first-order valence-corrected chi connectivity index (χ1v) is 4.85. The Morgan fingerprint density at radius 2 is 2.21 bits per heavy atom. The van der Waals surface area contributed by atoms with Gasteiger partial charge in [0.25, 0.3) is 0 Å². The lowest BCUT2D eigenvalue weighted by molar-refractivity contribution is -0.147. The fraction of sp³-hybridized carbons (Fsp3) is 0.364. The summed E-state index contributed by atoms with van der Waals surface area (Å²) in [4.78, 5) is 13.2. The Bertz CT molecular complexity index is 389. The van der Waals surface area contributed by atoms with E-state index in [-0.39, 0.29) is 5.91 Å². The minimum atomic E-state index is 0.246. The first-order chi connectivity index (χ1) is 6.84. The standard InChI is InChI=1S/C11H11NO2/c13-11-5-9-7-14-10-4-2-1-3-8(10)6-12(9)11/h1-4,9H,5-7H2/t9-/m1/s1. The molecule has 1 aromatic carbocycles. The van der Waals surface area contributed by atoms with Gasteiger partial charge < -0.3 is 9.64 Å². The van der Waals surface area contributed by atoms with Crippen molar-refractivity contribution in [2.75, 3.05) is 6.61 Å². The van der Waals surface area contributed by atoms with Gasteiger partial charge in [-0.15, -0.1) is 0 Å². The maximum Gasteiger partial charge on any atom is 0.225 e. The molecule has 0 aromatic heterocycles. The van der Waals surface area contributed by atoms with Gasteiger partial charge in [-0.05, 0) is 6.07 Å². The molecule has 1 saturated heterocycles. The Labute approximate surface area is 82.3 Å². The molecule has 1 aromatic rings. The third-order valence-corrected chi connectivity index (χ3v) is 2.92. The minimum absolute atomic E-state index is 0.246. The Morgan fingerprint density at radius 1 is 1.36 bits per heavy atom. The van der Waals surface area contributed by atoms with Crippen LogP contribution in [0.5, 0.6) is 5.75 Å². The Kier molecular flexibility index (Phi) is 1.54. The number of hydrogen-bond donors (Lipinski definition) is 0. The second kappa shape index (κ2) is 2.74. The van der Waals surface area contributed by atoms with Crippen LogP contribution in [-0.4, -0.2) is 23.5 Å². The predicted molar refractivity (Wildman–Crippen MR) is 50.9 cm³/mol. The molecule has 3 rings (SSSR count). The lowest BCUT2D eigenvalue weighted by Crippen LogP contribution is -2.53. The molecule has 0 bridgehead atoms. The molecule has 0 saturated carbocycles. The average Bonchev–Trinajstić information content (AvgIpc) is 2.35. The largest absolute Gasteiger partial charge is 0.491 e. The van der Waals surface area contributed by atoms with Gasteiger partial charge >= 0.3 is 0 Å². The minimum Gasteiger partial charge on any atom is -0.491 e. The quantitative estimate of drug-likeness (QED) is 0.573. The number of benzene rings is 1. The summed E-state index contributed by atoms with van der Waals surface area (Å²) in [5.41, 5.74) is 1.11. The zero-order valence-electron chi connectivity index (χ0n) is 7.77. The van der Waals surface area contributed by atoms with Crippen LogP contribution in [0.25, 0.3) is 0 Å². The Balaban J connectivity index is 1.96. The molecular weight excluding hydrogens is 178 g/mol. The number of hydrogen-bond acceptors (Lipinski definition) is 2. The van der Waals surface area contributed by atoms with Gasteiger partial charge in [-0.1, -0.05) is 18.2 Å². The Morgan fingerprint density at radius 3 is 3.07 bits per heavy atom. The molecule has 72 valence electrons. The lowest BCUT2D eigenvalue weighted by atomic mass is 10.0. The number of para-hydroxylation sites is 1. The molecule has 0 aliphatic carbocycles. The van der Waals surface area contributed by atoms with E-state index in [1.54, 1.807) is 0 Å². The number of fused-ring (bicyclic) bond motifs is 2. The molecule has 0 N–H and O–H groups in total. The molecule has 3 nitrogen and oxygen atoms in total. The number of carbonyl (C=O) groups excluding carboxylic acids is 1. The van der Waals surface area contributed by atoms with Crippen LogP contribution in [0, 0.1) is 0 Å². The molecule has 2 aliphatic rings. The number of rotatable bonds is 0. The topological polar surface area (TPSA) is 29.5 Å². The number of ether oxygens (including phenoxy) is 1. The highest BCUT2D eigenvalue weighted by Crippen LogP contribution is 2.30. The number of carbonyl (C=O) groups is 1. The second-order valence-electron chi connectivity index (χ2n) is 3.80. The Hall–Kier alpha value is -1.51. The van der Waals surface area contributed by atoms with Crippen molar-refractivity contribution in [2.24, 2.45) is 0 Å². The summed E-state index contributed by atoms with van der Waals surface area (Å²) < 4.78 is 5.64. The SMILES string of the molecule is O=C1C[C@@H]2COc3ccccc3CN12. The maximum atomic E-state index is 11.3. The second-order valence-corrected chi connectivity index (χ2v) is 3.80. The van der Waals surface area contributed by atoms with Gasteiger partial charge in [0.1, 0.15) is 12.4 Å². The molecule has 3 heteroatoms. The van der Waals surface area contributed by atoms with Crippen LogP contribution in [0.15, 0.2) is 24.3 Å². The van der Waals surface area contributed by atoms with Gasteiger partial charge in [0, 0.05) is 12.1 Å². The number of β-lactam (4-membered cyclic amide) rings is 1.